The van der Waals surface area contributed by atoms with Crippen LogP contribution in [0.15, 0.2) is 24.3 Å². The minimum Gasteiger partial charge on any atom is -0.392 e. The van der Waals surface area contributed by atoms with Gasteiger partial charge in [0.2, 0.25) is 0 Å². The molecular weight excluding hydrogens is 243 g/mol. The van der Waals surface area contributed by atoms with Gasteiger partial charge in [0, 0.05) is 43.8 Å². The lowest BCUT2D eigenvalue weighted by molar-refractivity contribution is 0.0521. The van der Waals surface area contributed by atoms with Crippen molar-refractivity contribution in [1.29, 1.82) is 0 Å². The summed E-state index contributed by atoms with van der Waals surface area (Å²) in [6.07, 6.45) is 0.658. The van der Waals surface area contributed by atoms with Gasteiger partial charge in [0.05, 0.1) is 6.10 Å². The van der Waals surface area contributed by atoms with Gasteiger partial charge in [0.25, 0.3) is 0 Å². The molecule has 19 heavy (non-hydrogen) atoms. The average Bonchev–Trinajstić information content (AvgIpc) is 2.71. The zero-order valence-electron chi connectivity index (χ0n) is 11.3. The molecule has 0 radical (unpaired) electrons. The van der Waals surface area contributed by atoms with Gasteiger partial charge < -0.3 is 5.11 Å². The highest BCUT2D eigenvalue weighted by atomic mass is 19.1. The first-order valence-electron chi connectivity index (χ1n) is 7.03. The number of rotatable bonds is 2. The molecule has 104 valence electrons. The maximum absolute atomic E-state index is 13.7. The van der Waals surface area contributed by atoms with E-state index >= 15 is 0 Å². The zero-order valence-corrected chi connectivity index (χ0v) is 11.3. The summed E-state index contributed by atoms with van der Waals surface area (Å²) < 4.78 is 13.7. The minimum atomic E-state index is -0.189. The highest BCUT2D eigenvalue weighted by Crippen LogP contribution is 2.26. The predicted molar refractivity (Wildman–Crippen MR) is 72.3 cm³/mol. The normalized spacial score (nSPS) is 32.5. The molecule has 3 rings (SSSR count). The summed E-state index contributed by atoms with van der Waals surface area (Å²) in [6, 6.07) is 7.83. The highest BCUT2D eigenvalue weighted by Gasteiger charge is 2.38. The van der Waals surface area contributed by atoms with Crippen LogP contribution in [0.4, 0.5) is 4.39 Å². The fraction of sp³-hybridized carbons (Fsp3) is 0.600. The van der Waals surface area contributed by atoms with Crippen molar-refractivity contribution < 1.29 is 9.50 Å². The molecule has 4 heteroatoms. The Morgan fingerprint density at radius 3 is 2.84 bits per heavy atom. The lowest BCUT2D eigenvalue weighted by Gasteiger charge is -2.42. The second-order valence-corrected chi connectivity index (χ2v) is 5.87. The summed E-state index contributed by atoms with van der Waals surface area (Å²) in [5.74, 6) is -0.122. The summed E-state index contributed by atoms with van der Waals surface area (Å²) >= 11 is 0. The summed E-state index contributed by atoms with van der Waals surface area (Å²) in [5, 5.41) is 9.75. The van der Waals surface area contributed by atoms with Crippen LogP contribution in [-0.2, 0) is 6.54 Å². The number of hydrogen-bond acceptors (Lipinski definition) is 3. The van der Waals surface area contributed by atoms with E-state index in [4.69, 9.17) is 0 Å². The standard InChI is InChI=1S/C15H21FN2O/c1-11-7-18-10-14(19)6-13(18)9-17(11)8-12-4-2-3-5-15(12)16/h2-5,11,13-14,19H,6-10H2,1H3/t11-,13+,14-/m1/s1. The van der Waals surface area contributed by atoms with Crippen molar-refractivity contribution in [3.05, 3.63) is 35.6 Å². The van der Waals surface area contributed by atoms with E-state index in [0.29, 0.717) is 18.6 Å². The van der Waals surface area contributed by atoms with Crippen LogP contribution in [-0.4, -0.2) is 52.7 Å². The van der Waals surface area contributed by atoms with E-state index in [1.807, 2.05) is 12.1 Å². The second kappa shape index (κ2) is 5.19. The van der Waals surface area contributed by atoms with Crippen LogP contribution in [0.5, 0.6) is 0 Å². The number of hydrogen-bond donors (Lipinski definition) is 1. The lowest BCUT2D eigenvalue weighted by atomic mass is 10.1. The molecule has 0 aromatic heterocycles. The Hall–Kier alpha value is -0.970. The molecule has 0 spiro atoms. The number of fused-ring (bicyclic) bond motifs is 1. The summed E-state index contributed by atoms with van der Waals surface area (Å²) in [7, 11) is 0. The largest absolute Gasteiger partial charge is 0.392 e. The Bertz CT molecular complexity index is 454. The van der Waals surface area contributed by atoms with Crippen LogP contribution >= 0.6 is 0 Å². The molecule has 2 fully saturated rings. The van der Waals surface area contributed by atoms with Crippen LogP contribution in [0.3, 0.4) is 0 Å². The fourth-order valence-electron chi connectivity index (χ4n) is 3.34. The first-order chi connectivity index (χ1) is 9.13. The topological polar surface area (TPSA) is 26.7 Å². The summed E-state index contributed by atoms with van der Waals surface area (Å²) in [6.45, 7) is 5.53. The van der Waals surface area contributed by atoms with Gasteiger partial charge in [-0.05, 0) is 19.4 Å². The molecule has 2 heterocycles. The highest BCUT2D eigenvalue weighted by molar-refractivity contribution is 5.17. The van der Waals surface area contributed by atoms with Crippen LogP contribution in [0.2, 0.25) is 0 Å². The number of aliphatic hydroxyl groups excluding tert-OH is 1. The van der Waals surface area contributed by atoms with Crippen molar-refractivity contribution in [2.45, 2.75) is 38.1 Å². The Balaban J connectivity index is 1.70. The van der Waals surface area contributed by atoms with E-state index in [9.17, 15) is 9.50 Å². The molecule has 1 aromatic rings. The van der Waals surface area contributed by atoms with Crippen molar-refractivity contribution in [2.24, 2.45) is 0 Å². The fourth-order valence-corrected chi connectivity index (χ4v) is 3.34. The molecule has 1 N–H and O–H groups in total. The van der Waals surface area contributed by atoms with E-state index in [-0.39, 0.29) is 11.9 Å². The first kappa shape index (κ1) is 13.0. The average molecular weight is 264 g/mol. The van der Waals surface area contributed by atoms with Crippen LogP contribution in [0.25, 0.3) is 0 Å². The smallest absolute Gasteiger partial charge is 0.127 e. The molecule has 0 unspecified atom stereocenters. The molecule has 2 aliphatic heterocycles. The number of nitrogens with zero attached hydrogens (tertiary/aromatic N) is 2. The summed E-state index contributed by atoms with van der Waals surface area (Å²) in [4.78, 5) is 4.70. The SMILES string of the molecule is C[C@@H]1CN2C[C@H](O)C[C@H]2CN1Cc1ccccc1F. The van der Waals surface area contributed by atoms with Gasteiger partial charge in [-0.1, -0.05) is 18.2 Å². The Morgan fingerprint density at radius 2 is 2.05 bits per heavy atom. The van der Waals surface area contributed by atoms with E-state index in [2.05, 4.69) is 16.7 Å². The van der Waals surface area contributed by atoms with Crippen molar-refractivity contribution in [3.63, 3.8) is 0 Å². The number of piperazine rings is 1. The number of benzene rings is 1. The third-order valence-electron chi connectivity index (χ3n) is 4.40. The molecule has 0 saturated carbocycles. The van der Waals surface area contributed by atoms with Crippen molar-refractivity contribution in [1.82, 2.24) is 9.80 Å². The van der Waals surface area contributed by atoms with Gasteiger partial charge in [-0.15, -0.1) is 0 Å². The van der Waals surface area contributed by atoms with Crippen molar-refractivity contribution in [3.8, 4) is 0 Å². The molecule has 3 nitrogen and oxygen atoms in total. The van der Waals surface area contributed by atoms with Gasteiger partial charge in [-0.2, -0.15) is 0 Å². The monoisotopic (exact) mass is 264 g/mol. The van der Waals surface area contributed by atoms with E-state index in [1.165, 1.54) is 6.07 Å². The van der Waals surface area contributed by atoms with Gasteiger partial charge in [-0.25, -0.2) is 4.39 Å². The second-order valence-electron chi connectivity index (χ2n) is 5.87. The Labute approximate surface area is 113 Å². The van der Waals surface area contributed by atoms with Gasteiger partial charge in [-0.3, -0.25) is 9.80 Å². The lowest BCUT2D eigenvalue weighted by Crippen LogP contribution is -2.54. The Morgan fingerprint density at radius 1 is 1.26 bits per heavy atom. The molecule has 0 aliphatic carbocycles. The zero-order chi connectivity index (χ0) is 13.4. The van der Waals surface area contributed by atoms with Gasteiger partial charge >= 0.3 is 0 Å². The van der Waals surface area contributed by atoms with Crippen LogP contribution in [0, 0.1) is 5.82 Å². The molecule has 0 bridgehead atoms. The predicted octanol–water partition coefficient (Wildman–Crippen LogP) is 1.46. The van der Waals surface area contributed by atoms with E-state index < -0.39 is 0 Å². The first-order valence-corrected chi connectivity index (χ1v) is 7.03. The Kier molecular flexibility index (Phi) is 3.56. The molecule has 3 atom stereocenters. The van der Waals surface area contributed by atoms with Gasteiger partial charge in [0.15, 0.2) is 0 Å². The van der Waals surface area contributed by atoms with Crippen LogP contribution in [0.1, 0.15) is 18.9 Å². The van der Waals surface area contributed by atoms with E-state index in [1.54, 1.807) is 6.07 Å². The molecule has 2 aliphatic rings. The summed E-state index contributed by atoms with van der Waals surface area (Å²) in [5.41, 5.74) is 0.765. The molecular formula is C15H21FN2O. The maximum Gasteiger partial charge on any atom is 0.127 e. The van der Waals surface area contributed by atoms with Crippen molar-refractivity contribution in [2.75, 3.05) is 19.6 Å². The third kappa shape index (κ3) is 2.66. The van der Waals surface area contributed by atoms with Gasteiger partial charge in [0.1, 0.15) is 5.82 Å². The van der Waals surface area contributed by atoms with Crippen molar-refractivity contribution >= 4 is 0 Å². The third-order valence-corrected chi connectivity index (χ3v) is 4.40. The quantitative estimate of drug-likeness (QED) is 0.876. The number of halogens is 1. The van der Waals surface area contributed by atoms with E-state index in [0.717, 1.165) is 31.6 Å². The molecule has 0 amide bonds. The number of aliphatic hydroxyl groups is 1. The molecule has 2 saturated heterocycles. The molecule has 1 aromatic carbocycles. The maximum atomic E-state index is 13.7. The van der Waals surface area contributed by atoms with Crippen LogP contribution < -0.4 is 0 Å². The minimum absolute atomic E-state index is 0.122.